The number of rotatable bonds is 6. The van der Waals surface area contributed by atoms with Crippen LogP contribution in [0.3, 0.4) is 0 Å². The second-order valence-electron chi connectivity index (χ2n) is 10.7. The fourth-order valence-corrected chi connectivity index (χ4v) is 6.40. The monoisotopic (exact) mass is 426 g/mol. The minimum Gasteiger partial charge on any atom is -0.449 e. The van der Waals surface area contributed by atoms with Gasteiger partial charge in [-0.1, -0.05) is 44.2 Å². The summed E-state index contributed by atoms with van der Waals surface area (Å²) in [6.45, 7) is 9.28. The van der Waals surface area contributed by atoms with Crippen LogP contribution in [0, 0.1) is 23.2 Å². The first-order valence-corrected chi connectivity index (χ1v) is 11.9. The smallest absolute Gasteiger partial charge is 0.449 e. The summed E-state index contributed by atoms with van der Waals surface area (Å²) in [5.74, 6) is 1.30. The van der Waals surface area contributed by atoms with Crippen molar-refractivity contribution in [1.29, 1.82) is 0 Å². The maximum absolute atomic E-state index is 12.7. The molecule has 1 aromatic rings. The van der Waals surface area contributed by atoms with Gasteiger partial charge in [-0.25, -0.2) is 4.79 Å². The molecule has 168 valence electrons. The standard InChI is InChI=1S/C24H35BN2O4/c1-23(2)18-12-19(23)24(3)20(13-18)30-25(31-24)21(11-16-7-5-4-6-8-16)27-22(28)29-15-17-9-10-26-14-17/h4-8,17-21,26H,9-15H2,1-3H3,(H,27,28)/t17-,18-,19-,20+,21-,24-/m0/s1. The van der Waals surface area contributed by atoms with E-state index >= 15 is 0 Å². The molecule has 5 fully saturated rings. The first kappa shape index (κ1) is 21.3. The SMILES string of the molecule is CC1(C)[C@@H]2C[C@H]3OB([C@H](Cc4ccccc4)NC(=O)OC[C@H]4CCNC4)O[C@@]3(C)[C@H]1C2. The van der Waals surface area contributed by atoms with E-state index in [1.807, 2.05) is 18.2 Å². The third-order valence-electron chi connectivity index (χ3n) is 8.51. The molecule has 0 aromatic heterocycles. The average Bonchev–Trinajstić information content (AvgIpc) is 3.39. The van der Waals surface area contributed by atoms with Gasteiger partial charge in [-0.05, 0) is 62.0 Å². The van der Waals surface area contributed by atoms with E-state index in [9.17, 15) is 4.79 Å². The van der Waals surface area contributed by atoms with E-state index in [-0.39, 0.29) is 23.7 Å². The van der Waals surface area contributed by atoms with Crippen molar-refractivity contribution in [1.82, 2.24) is 10.6 Å². The molecule has 5 aliphatic rings. The van der Waals surface area contributed by atoms with Crippen LogP contribution in [0.1, 0.15) is 45.6 Å². The van der Waals surface area contributed by atoms with Crippen LogP contribution in [0.15, 0.2) is 30.3 Å². The predicted molar refractivity (Wildman–Crippen MR) is 120 cm³/mol. The first-order valence-electron chi connectivity index (χ1n) is 11.9. The molecule has 2 saturated heterocycles. The zero-order valence-corrected chi connectivity index (χ0v) is 18.9. The van der Waals surface area contributed by atoms with Crippen LogP contribution >= 0.6 is 0 Å². The maximum atomic E-state index is 12.7. The van der Waals surface area contributed by atoms with Crippen molar-refractivity contribution in [2.75, 3.05) is 19.7 Å². The molecule has 2 bridgehead atoms. The van der Waals surface area contributed by atoms with Crippen molar-refractivity contribution in [2.45, 2.75) is 64.1 Å². The highest BCUT2D eigenvalue weighted by Gasteiger charge is 2.68. The van der Waals surface area contributed by atoms with E-state index in [4.69, 9.17) is 14.0 Å². The minimum absolute atomic E-state index is 0.0925. The molecular weight excluding hydrogens is 391 g/mol. The molecule has 6 nitrogen and oxygen atoms in total. The van der Waals surface area contributed by atoms with Crippen molar-refractivity contribution < 1.29 is 18.8 Å². The highest BCUT2D eigenvalue weighted by Crippen LogP contribution is 2.65. The summed E-state index contributed by atoms with van der Waals surface area (Å²) in [5, 5.41) is 6.39. The number of benzene rings is 1. The molecule has 6 atom stereocenters. The summed E-state index contributed by atoms with van der Waals surface area (Å²) in [5.41, 5.74) is 1.14. The van der Waals surface area contributed by atoms with Gasteiger partial charge in [0.15, 0.2) is 0 Å². The Morgan fingerprint density at radius 1 is 1.29 bits per heavy atom. The Bertz CT molecular complexity index is 800. The Morgan fingerprint density at radius 2 is 2.10 bits per heavy atom. The van der Waals surface area contributed by atoms with Gasteiger partial charge >= 0.3 is 13.2 Å². The quantitative estimate of drug-likeness (QED) is 0.684. The van der Waals surface area contributed by atoms with Gasteiger partial charge in [0.05, 0.1) is 24.3 Å². The number of hydrogen-bond acceptors (Lipinski definition) is 5. The van der Waals surface area contributed by atoms with Crippen molar-refractivity contribution in [3.05, 3.63) is 35.9 Å². The van der Waals surface area contributed by atoms with Gasteiger partial charge in [0.25, 0.3) is 0 Å². The zero-order valence-electron chi connectivity index (χ0n) is 18.9. The second kappa shape index (κ2) is 8.09. The van der Waals surface area contributed by atoms with E-state index in [1.54, 1.807) is 0 Å². The van der Waals surface area contributed by atoms with Crippen LogP contribution in [0.2, 0.25) is 0 Å². The van der Waals surface area contributed by atoms with Gasteiger partial charge in [0, 0.05) is 12.5 Å². The largest absolute Gasteiger partial charge is 0.482 e. The fraction of sp³-hybridized carbons (Fsp3) is 0.708. The third-order valence-corrected chi connectivity index (χ3v) is 8.51. The first-order chi connectivity index (χ1) is 14.9. The Hall–Kier alpha value is -1.57. The molecule has 2 heterocycles. The lowest BCUT2D eigenvalue weighted by molar-refractivity contribution is -0.199. The van der Waals surface area contributed by atoms with E-state index in [2.05, 4.69) is 43.5 Å². The molecule has 1 amide bonds. The van der Waals surface area contributed by atoms with Gasteiger partial charge in [-0.2, -0.15) is 0 Å². The number of amides is 1. The summed E-state index contributed by atoms with van der Waals surface area (Å²) >= 11 is 0. The molecule has 1 aromatic carbocycles. The lowest BCUT2D eigenvalue weighted by Gasteiger charge is -2.64. The number of nitrogens with one attached hydrogen (secondary N) is 2. The van der Waals surface area contributed by atoms with Crippen LogP contribution in [-0.2, 0) is 20.5 Å². The van der Waals surface area contributed by atoms with Crippen LogP contribution in [-0.4, -0.2) is 50.6 Å². The predicted octanol–water partition coefficient (Wildman–Crippen LogP) is 3.20. The molecule has 0 radical (unpaired) electrons. The van der Waals surface area contributed by atoms with Crippen molar-refractivity contribution in [3.63, 3.8) is 0 Å². The van der Waals surface area contributed by atoms with Crippen molar-refractivity contribution >= 4 is 13.2 Å². The van der Waals surface area contributed by atoms with Crippen molar-refractivity contribution in [2.24, 2.45) is 23.2 Å². The molecule has 2 aliphatic heterocycles. The number of alkyl carbamates (subject to hydrolysis) is 1. The molecule has 0 spiro atoms. The summed E-state index contributed by atoms with van der Waals surface area (Å²) in [6.07, 6.45) is 3.65. The molecule has 2 N–H and O–H groups in total. The number of ether oxygens (including phenoxy) is 1. The summed E-state index contributed by atoms with van der Waals surface area (Å²) in [7, 11) is -0.467. The highest BCUT2D eigenvalue weighted by atomic mass is 16.7. The molecule has 3 aliphatic carbocycles. The van der Waals surface area contributed by atoms with E-state index in [0.29, 0.717) is 36.2 Å². The third kappa shape index (κ3) is 3.89. The second-order valence-corrected chi connectivity index (χ2v) is 10.7. The highest BCUT2D eigenvalue weighted by molar-refractivity contribution is 6.47. The zero-order chi connectivity index (χ0) is 21.6. The summed E-state index contributed by atoms with van der Waals surface area (Å²) < 4.78 is 18.7. The topological polar surface area (TPSA) is 68.8 Å². The summed E-state index contributed by atoms with van der Waals surface area (Å²) in [6, 6.07) is 10.2. The number of carbonyl (C=O) groups excluding carboxylic acids is 1. The van der Waals surface area contributed by atoms with Crippen molar-refractivity contribution in [3.8, 4) is 0 Å². The van der Waals surface area contributed by atoms with Gasteiger partial charge < -0.3 is 24.7 Å². The molecular formula is C24H35BN2O4. The van der Waals surface area contributed by atoms with Gasteiger partial charge in [0.2, 0.25) is 0 Å². The fourth-order valence-electron chi connectivity index (χ4n) is 6.40. The minimum atomic E-state index is -0.467. The van der Waals surface area contributed by atoms with Gasteiger partial charge in [-0.15, -0.1) is 0 Å². The van der Waals surface area contributed by atoms with Crippen LogP contribution in [0.25, 0.3) is 0 Å². The molecule has 0 unspecified atom stereocenters. The maximum Gasteiger partial charge on any atom is 0.482 e. The molecule has 3 saturated carbocycles. The number of hydrogen-bond donors (Lipinski definition) is 2. The van der Waals surface area contributed by atoms with Crippen LogP contribution in [0.5, 0.6) is 0 Å². The van der Waals surface area contributed by atoms with Gasteiger partial charge in [0.1, 0.15) is 0 Å². The van der Waals surface area contributed by atoms with E-state index in [0.717, 1.165) is 31.5 Å². The summed E-state index contributed by atoms with van der Waals surface area (Å²) in [4.78, 5) is 12.7. The normalized spacial score (nSPS) is 36.4. The lowest BCUT2D eigenvalue weighted by atomic mass is 9.43. The number of carbonyl (C=O) groups is 1. The Balaban J connectivity index is 1.28. The van der Waals surface area contributed by atoms with E-state index < -0.39 is 7.12 Å². The molecule has 6 rings (SSSR count). The van der Waals surface area contributed by atoms with E-state index in [1.165, 1.54) is 6.42 Å². The Morgan fingerprint density at radius 3 is 2.81 bits per heavy atom. The lowest BCUT2D eigenvalue weighted by Crippen LogP contribution is -2.65. The Kier molecular flexibility index (Phi) is 5.56. The average molecular weight is 426 g/mol. The van der Waals surface area contributed by atoms with Gasteiger partial charge in [-0.3, -0.25) is 0 Å². The van der Waals surface area contributed by atoms with Crippen LogP contribution < -0.4 is 10.6 Å². The van der Waals surface area contributed by atoms with Crippen LogP contribution in [0.4, 0.5) is 4.79 Å². The molecule has 31 heavy (non-hydrogen) atoms. The Labute approximate surface area is 185 Å². The molecule has 7 heteroatoms.